The maximum absolute atomic E-state index is 12.9. The second-order valence-electron chi connectivity index (χ2n) is 7.46. The highest BCUT2D eigenvalue weighted by Crippen LogP contribution is 2.33. The van der Waals surface area contributed by atoms with Crippen LogP contribution in [0.15, 0.2) is 30.3 Å². The summed E-state index contributed by atoms with van der Waals surface area (Å²) in [5.74, 6) is 0.852. The molecule has 0 spiro atoms. The molecule has 1 aromatic carbocycles. The lowest BCUT2D eigenvalue weighted by Crippen LogP contribution is -2.48. The average Bonchev–Trinajstić information content (AvgIpc) is 3.11. The van der Waals surface area contributed by atoms with E-state index in [-0.39, 0.29) is 16.5 Å². The minimum Gasteiger partial charge on any atom is -0.368 e. The van der Waals surface area contributed by atoms with Gasteiger partial charge in [0.1, 0.15) is 0 Å². The Labute approximate surface area is 162 Å². The van der Waals surface area contributed by atoms with Crippen LogP contribution in [0.1, 0.15) is 33.5 Å². The molecule has 142 valence electrons. The first-order chi connectivity index (χ1) is 13.0. The number of rotatable bonds is 3. The summed E-state index contributed by atoms with van der Waals surface area (Å²) in [5, 5.41) is 10.8. The monoisotopic (exact) mass is 385 g/mol. The number of carbonyl (C=O) groups excluding carboxylic acids is 1. The number of nitro groups is 1. The van der Waals surface area contributed by atoms with Gasteiger partial charge >= 0.3 is 0 Å². The molecule has 0 unspecified atom stereocenters. The number of amides is 1. The first-order valence-corrected chi connectivity index (χ1v) is 10.2. The third-order valence-corrected chi connectivity index (χ3v) is 6.76. The van der Waals surface area contributed by atoms with E-state index in [1.165, 1.54) is 29.0 Å². The summed E-state index contributed by atoms with van der Waals surface area (Å²) in [6.07, 6.45) is 3.41. The van der Waals surface area contributed by atoms with E-state index in [2.05, 4.69) is 17.9 Å². The third kappa shape index (κ3) is 3.69. The fourth-order valence-electron chi connectivity index (χ4n) is 3.92. The maximum atomic E-state index is 12.9. The zero-order chi connectivity index (χ0) is 19.0. The van der Waals surface area contributed by atoms with Gasteiger partial charge in [0, 0.05) is 48.9 Å². The molecule has 2 aliphatic rings. The number of hydrogen-bond acceptors (Lipinski definition) is 5. The molecule has 1 saturated heterocycles. The van der Waals surface area contributed by atoms with Gasteiger partial charge in [-0.1, -0.05) is 6.92 Å². The molecule has 4 rings (SSSR count). The molecule has 1 aliphatic carbocycles. The Bertz CT molecular complexity index is 854. The zero-order valence-electron chi connectivity index (χ0n) is 15.4. The van der Waals surface area contributed by atoms with Gasteiger partial charge in [-0.3, -0.25) is 14.9 Å². The quantitative estimate of drug-likeness (QED) is 0.596. The van der Waals surface area contributed by atoms with Gasteiger partial charge in [-0.15, -0.1) is 11.3 Å². The van der Waals surface area contributed by atoms with Crippen LogP contribution in [0.4, 0.5) is 11.4 Å². The molecule has 7 heteroatoms. The molecule has 1 fully saturated rings. The summed E-state index contributed by atoms with van der Waals surface area (Å²) in [4.78, 5) is 29.7. The highest BCUT2D eigenvalue weighted by molar-refractivity contribution is 7.14. The van der Waals surface area contributed by atoms with Crippen LogP contribution in [0.3, 0.4) is 0 Å². The molecule has 0 saturated carbocycles. The lowest BCUT2D eigenvalue weighted by molar-refractivity contribution is -0.384. The number of anilines is 1. The SMILES string of the molecule is C[C@H]1CCc2sc(C(=O)N3CCN(c4ccc([N+](=O)[O-])cc4)CC3)cc2C1. The van der Waals surface area contributed by atoms with E-state index in [1.54, 1.807) is 23.5 Å². The molecule has 1 atom stereocenters. The Morgan fingerprint density at radius 2 is 1.89 bits per heavy atom. The van der Waals surface area contributed by atoms with Crippen molar-refractivity contribution in [3.63, 3.8) is 0 Å². The van der Waals surface area contributed by atoms with Gasteiger partial charge in [-0.25, -0.2) is 0 Å². The van der Waals surface area contributed by atoms with E-state index in [1.807, 2.05) is 4.90 Å². The molecule has 0 radical (unpaired) electrons. The number of benzene rings is 1. The molecule has 1 amide bonds. The minimum atomic E-state index is -0.387. The normalized spacial score (nSPS) is 19.7. The van der Waals surface area contributed by atoms with Crippen molar-refractivity contribution < 1.29 is 9.72 Å². The lowest BCUT2D eigenvalue weighted by atomic mass is 9.90. The van der Waals surface area contributed by atoms with Crippen LogP contribution in [0.2, 0.25) is 0 Å². The van der Waals surface area contributed by atoms with E-state index in [4.69, 9.17) is 0 Å². The highest BCUT2D eigenvalue weighted by atomic mass is 32.1. The second kappa shape index (κ2) is 7.31. The number of carbonyl (C=O) groups is 1. The van der Waals surface area contributed by atoms with Crippen molar-refractivity contribution in [2.45, 2.75) is 26.2 Å². The summed E-state index contributed by atoms with van der Waals surface area (Å²) in [6, 6.07) is 8.74. The second-order valence-corrected chi connectivity index (χ2v) is 8.60. The van der Waals surface area contributed by atoms with Crippen molar-refractivity contribution in [3.8, 4) is 0 Å². The van der Waals surface area contributed by atoms with E-state index in [9.17, 15) is 14.9 Å². The maximum Gasteiger partial charge on any atom is 0.269 e. The summed E-state index contributed by atoms with van der Waals surface area (Å²) in [5.41, 5.74) is 2.43. The van der Waals surface area contributed by atoms with Crippen LogP contribution in [0.5, 0.6) is 0 Å². The Morgan fingerprint density at radius 3 is 2.56 bits per heavy atom. The lowest BCUT2D eigenvalue weighted by Gasteiger charge is -2.35. The number of nitro benzene ring substituents is 1. The van der Waals surface area contributed by atoms with E-state index in [0.29, 0.717) is 19.0 Å². The number of thiophene rings is 1. The average molecular weight is 385 g/mol. The van der Waals surface area contributed by atoms with Crippen LogP contribution < -0.4 is 4.90 Å². The van der Waals surface area contributed by atoms with E-state index in [0.717, 1.165) is 36.5 Å². The molecule has 2 heterocycles. The highest BCUT2D eigenvalue weighted by Gasteiger charge is 2.26. The molecular weight excluding hydrogens is 362 g/mol. The summed E-state index contributed by atoms with van der Waals surface area (Å²) in [7, 11) is 0. The fraction of sp³-hybridized carbons (Fsp3) is 0.450. The first-order valence-electron chi connectivity index (χ1n) is 9.41. The van der Waals surface area contributed by atoms with Crippen LogP contribution in [0.25, 0.3) is 0 Å². The zero-order valence-corrected chi connectivity index (χ0v) is 16.2. The van der Waals surface area contributed by atoms with Gasteiger partial charge in [0.15, 0.2) is 0 Å². The smallest absolute Gasteiger partial charge is 0.269 e. The number of hydrogen-bond donors (Lipinski definition) is 0. The summed E-state index contributed by atoms with van der Waals surface area (Å²) < 4.78 is 0. The summed E-state index contributed by atoms with van der Waals surface area (Å²) in [6.45, 7) is 5.11. The number of aryl methyl sites for hydroxylation is 1. The number of fused-ring (bicyclic) bond motifs is 1. The van der Waals surface area contributed by atoms with Gasteiger partial charge in [-0.2, -0.15) is 0 Å². The van der Waals surface area contributed by atoms with Gasteiger partial charge in [0.2, 0.25) is 0 Å². The van der Waals surface area contributed by atoms with Crippen LogP contribution in [0, 0.1) is 16.0 Å². The Morgan fingerprint density at radius 1 is 1.19 bits per heavy atom. The molecular formula is C20H23N3O3S. The predicted molar refractivity (Wildman–Crippen MR) is 107 cm³/mol. The Hall–Kier alpha value is -2.41. The number of nitrogens with zero attached hydrogens (tertiary/aromatic N) is 3. The van der Waals surface area contributed by atoms with Crippen LogP contribution in [-0.2, 0) is 12.8 Å². The van der Waals surface area contributed by atoms with Gasteiger partial charge < -0.3 is 9.80 Å². The molecule has 1 aromatic heterocycles. The molecule has 2 aromatic rings. The Balaban J connectivity index is 1.39. The number of piperazine rings is 1. The molecule has 1 aliphatic heterocycles. The van der Waals surface area contributed by atoms with Crippen molar-refractivity contribution in [2.75, 3.05) is 31.1 Å². The third-order valence-electron chi connectivity index (χ3n) is 5.53. The topological polar surface area (TPSA) is 66.7 Å². The molecule has 0 bridgehead atoms. The minimum absolute atomic E-state index is 0.101. The molecule has 6 nitrogen and oxygen atoms in total. The van der Waals surface area contributed by atoms with Crippen molar-refractivity contribution in [1.82, 2.24) is 4.90 Å². The fourth-order valence-corrected chi connectivity index (χ4v) is 5.10. The molecule has 27 heavy (non-hydrogen) atoms. The van der Waals surface area contributed by atoms with Gasteiger partial charge in [-0.05, 0) is 48.9 Å². The Kier molecular flexibility index (Phi) is 4.86. The van der Waals surface area contributed by atoms with Crippen LogP contribution >= 0.6 is 11.3 Å². The largest absolute Gasteiger partial charge is 0.368 e. The van der Waals surface area contributed by atoms with Crippen molar-refractivity contribution in [3.05, 3.63) is 55.8 Å². The first kappa shape index (κ1) is 18.0. The standard InChI is InChI=1S/C20H23N3O3S/c1-14-2-7-18-15(12-14)13-19(27-18)20(24)22-10-8-21(9-11-22)16-3-5-17(6-4-16)23(25)26/h3-6,13-14H,2,7-12H2,1H3/t14-/m0/s1. The van der Waals surface area contributed by atoms with Crippen molar-refractivity contribution >= 4 is 28.6 Å². The van der Waals surface area contributed by atoms with Crippen LogP contribution in [-0.4, -0.2) is 41.9 Å². The predicted octanol–water partition coefficient (Wildman–Crippen LogP) is 3.74. The summed E-state index contributed by atoms with van der Waals surface area (Å²) >= 11 is 1.67. The van der Waals surface area contributed by atoms with Crippen molar-refractivity contribution in [1.29, 1.82) is 0 Å². The van der Waals surface area contributed by atoms with Gasteiger partial charge in [0.05, 0.1) is 9.80 Å². The number of non-ortho nitro benzene ring substituents is 1. The van der Waals surface area contributed by atoms with Gasteiger partial charge in [0.25, 0.3) is 11.6 Å². The van der Waals surface area contributed by atoms with E-state index >= 15 is 0 Å². The van der Waals surface area contributed by atoms with E-state index < -0.39 is 0 Å². The molecule has 0 N–H and O–H groups in total. The van der Waals surface area contributed by atoms with Crippen molar-refractivity contribution in [2.24, 2.45) is 5.92 Å².